The largest absolute Gasteiger partial charge is 0.477 e. The molecule has 0 fully saturated rings. The van der Waals surface area contributed by atoms with E-state index in [-0.39, 0.29) is 17.3 Å². The van der Waals surface area contributed by atoms with E-state index in [1.165, 1.54) is 0 Å². The smallest absolute Gasteiger partial charge is 0.347 e. The van der Waals surface area contributed by atoms with Gasteiger partial charge in [-0.15, -0.1) is 11.3 Å². The first-order chi connectivity index (χ1) is 9.04. The molecule has 6 nitrogen and oxygen atoms in total. The average Bonchev–Trinajstić information content (AvgIpc) is 2.74. The number of nitrogens with zero attached hydrogens (tertiary/aromatic N) is 1. The quantitative estimate of drug-likeness (QED) is 0.624. The minimum Gasteiger partial charge on any atom is -0.477 e. The number of aryl methyl sites for hydroxylation is 1. The third-order valence-corrected chi connectivity index (χ3v) is 3.73. The van der Waals surface area contributed by atoms with E-state index < -0.39 is 5.97 Å². The second-order valence-corrected chi connectivity index (χ2v) is 5.29. The van der Waals surface area contributed by atoms with E-state index in [9.17, 15) is 9.59 Å². The molecule has 106 valence electrons. The zero-order chi connectivity index (χ0) is 14.3. The third kappa shape index (κ3) is 5.35. The molecule has 7 heteroatoms. The lowest BCUT2D eigenvalue weighted by molar-refractivity contribution is -0.121. The van der Waals surface area contributed by atoms with Crippen LogP contribution >= 0.6 is 11.3 Å². The van der Waals surface area contributed by atoms with Crippen molar-refractivity contribution >= 4 is 23.2 Å². The van der Waals surface area contributed by atoms with Crippen LogP contribution < -0.4 is 11.1 Å². The van der Waals surface area contributed by atoms with Crippen molar-refractivity contribution in [1.29, 1.82) is 0 Å². The van der Waals surface area contributed by atoms with Gasteiger partial charge in [-0.25, -0.2) is 9.78 Å². The summed E-state index contributed by atoms with van der Waals surface area (Å²) in [6.45, 7) is 2.59. The van der Waals surface area contributed by atoms with Crippen LogP contribution in [0.2, 0.25) is 0 Å². The predicted octanol–water partition coefficient (Wildman–Crippen LogP) is 1.29. The summed E-state index contributed by atoms with van der Waals surface area (Å²) < 4.78 is 0. The molecule has 0 spiro atoms. The van der Waals surface area contributed by atoms with Crippen LogP contribution in [0, 0.1) is 6.92 Å². The minimum atomic E-state index is -0.977. The molecule has 19 heavy (non-hydrogen) atoms. The summed E-state index contributed by atoms with van der Waals surface area (Å²) in [6.07, 6.45) is 3.17. The number of carboxylic acids is 1. The lowest BCUT2D eigenvalue weighted by Gasteiger charge is -2.02. The van der Waals surface area contributed by atoms with Gasteiger partial charge in [0.2, 0.25) is 5.91 Å². The van der Waals surface area contributed by atoms with Crippen molar-refractivity contribution < 1.29 is 14.7 Å². The summed E-state index contributed by atoms with van der Waals surface area (Å²) in [5.74, 6) is -1.02. The Labute approximate surface area is 116 Å². The van der Waals surface area contributed by atoms with Gasteiger partial charge < -0.3 is 16.2 Å². The second-order valence-electron chi connectivity index (χ2n) is 4.20. The number of carboxylic acid groups (broad SMARTS) is 1. The van der Waals surface area contributed by atoms with E-state index in [1.807, 2.05) is 0 Å². The SMILES string of the molecule is Cc1nc(CNC(=O)CCCCCN)sc1C(=O)O. The van der Waals surface area contributed by atoms with Crippen LogP contribution in [-0.2, 0) is 11.3 Å². The normalized spacial score (nSPS) is 10.4. The fraction of sp³-hybridized carbons (Fsp3) is 0.583. The van der Waals surface area contributed by atoms with E-state index in [4.69, 9.17) is 10.8 Å². The summed E-state index contributed by atoms with van der Waals surface area (Å²) in [6, 6.07) is 0. The molecule has 0 radical (unpaired) electrons. The first kappa shape index (κ1) is 15.6. The summed E-state index contributed by atoms with van der Waals surface area (Å²) >= 11 is 1.10. The van der Waals surface area contributed by atoms with Crippen LogP contribution in [0.25, 0.3) is 0 Å². The highest BCUT2D eigenvalue weighted by molar-refractivity contribution is 7.13. The standard InChI is InChI=1S/C12H19N3O3S/c1-8-11(12(17)18)19-10(15-8)7-14-9(16)5-3-2-4-6-13/h2-7,13H2,1H3,(H,14,16)(H,17,18). The van der Waals surface area contributed by atoms with Crippen molar-refractivity contribution in [3.63, 3.8) is 0 Å². The molecule has 0 saturated heterocycles. The molecule has 0 aliphatic carbocycles. The monoisotopic (exact) mass is 285 g/mol. The molecule has 0 atom stereocenters. The van der Waals surface area contributed by atoms with Gasteiger partial charge in [0.15, 0.2) is 0 Å². The Morgan fingerprint density at radius 2 is 2.11 bits per heavy atom. The number of unbranched alkanes of at least 4 members (excludes halogenated alkanes) is 2. The Morgan fingerprint density at radius 3 is 2.68 bits per heavy atom. The Kier molecular flexibility index (Phi) is 6.44. The molecule has 0 aliphatic rings. The van der Waals surface area contributed by atoms with Gasteiger partial charge in [-0.1, -0.05) is 6.42 Å². The van der Waals surface area contributed by atoms with Gasteiger partial charge in [-0.3, -0.25) is 4.79 Å². The van der Waals surface area contributed by atoms with Gasteiger partial charge >= 0.3 is 5.97 Å². The summed E-state index contributed by atoms with van der Waals surface area (Å²) in [4.78, 5) is 26.7. The van der Waals surface area contributed by atoms with Gasteiger partial charge in [0, 0.05) is 6.42 Å². The lowest BCUT2D eigenvalue weighted by atomic mass is 10.2. The van der Waals surface area contributed by atoms with Crippen molar-refractivity contribution in [2.24, 2.45) is 5.73 Å². The minimum absolute atomic E-state index is 0.0400. The molecule has 0 unspecified atom stereocenters. The molecule has 0 bridgehead atoms. The van der Waals surface area contributed by atoms with Crippen molar-refractivity contribution in [3.8, 4) is 0 Å². The first-order valence-corrected chi connectivity index (χ1v) is 7.02. The highest BCUT2D eigenvalue weighted by atomic mass is 32.1. The van der Waals surface area contributed by atoms with Crippen LogP contribution in [0.15, 0.2) is 0 Å². The van der Waals surface area contributed by atoms with Gasteiger partial charge in [0.25, 0.3) is 0 Å². The Bertz CT molecular complexity index is 445. The molecule has 4 N–H and O–H groups in total. The maximum Gasteiger partial charge on any atom is 0.347 e. The Morgan fingerprint density at radius 1 is 1.37 bits per heavy atom. The molecule has 0 saturated carbocycles. The highest BCUT2D eigenvalue weighted by Crippen LogP contribution is 2.17. The van der Waals surface area contributed by atoms with E-state index >= 15 is 0 Å². The maximum atomic E-state index is 11.5. The Hall–Kier alpha value is -1.47. The molecular formula is C12H19N3O3S. The molecule has 1 heterocycles. The topological polar surface area (TPSA) is 105 Å². The number of aromatic carboxylic acids is 1. The fourth-order valence-electron chi connectivity index (χ4n) is 1.60. The average molecular weight is 285 g/mol. The molecular weight excluding hydrogens is 266 g/mol. The number of amides is 1. The van der Waals surface area contributed by atoms with Gasteiger partial charge in [-0.2, -0.15) is 0 Å². The summed E-state index contributed by atoms with van der Waals surface area (Å²) in [7, 11) is 0. The fourth-order valence-corrected chi connectivity index (χ4v) is 2.44. The van der Waals surface area contributed by atoms with Crippen molar-refractivity contribution in [2.75, 3.05) is 6.54 Å². The number of carbonyl (C=O) groups is 2. The van der Waals surface area contributed by atoms with Crippen LogP contribution in [-0.4, -0.2) is 28.5 Å². The zero-order valence-corrected chi connectivity index (χ0v) is 11.8. The highest BCUT2D eigenvalue weighted by Gasteiger charge is 2.14. The van der Waals surface area contributed by atoms with E-state index in [0.717, 1.165) is 30.6 Å². The molecule has 1 aromatic heterocycles. The van der Waals surface area contributed by atoms with Crippen LogP contribution in [0.1, 0.15) is 46.1 Å². The van der Waals surface area contributed by atoms with E-state index in [2.05, 4.69) is 10.3 Å². The Balaban J connectivity index is 2.34. The van der Waals surface area contributed by atoms with Gasteiger partial charge in [0.05, 0.1) is 12.2 Å². The molecule has 1 rings (SSSR count). The molecule has 1 aromatic rings. The van der Waals surface area contributed by atoms with Gasteiger partial charge in [-0.05, 0) is 26.3 Å². The number of hydrogen-bond acceptors (Lipinski definition) is 5. The lowest BCUT2D eigenvalue weighted by Crippen LogP contribution is -2.22. The summed E-state index contributed by atoms with van der Waals surface area (Å²) in [5.41, 5.74) is 5.86. The summed E-state index contributed by atoms with van der Waals surface area (Å²) in [5, 5.41) is 12.3. The van der Waals surface area contributed by atoms with Crippen molar-refractivity contribution in [1.82, 2.24) is 10.3 Å². The molecule has 1 amide bonds. The second kappa shape index (κ2) is 7.85. The van der Waals surface area contributed by atoms with Crippen LogP contribution in [0.3, 0.4) is 0 Å². The number of rotatable bonds is 8. The van der Waals surface area contributed by atoms with Crippen molar-refractivity contribution in [2.45, 2.75) is 39.2 Å². The van der Waals surface area contributed by atoms with Crippen LogP contribution in [0.5, 0.6) is 0 Å². The zero-order valence-electron chi connectivity index (χ0n) is 10.9. The van der Waals surface area contributed by atoms with Crippen LogP contribution in [0.4, 0.5) is 0 Å². The third-order valence-electron chi connectivity index (χ3n) is 2.58. The number of carbonyl (C=O) groups excluding carboxylic acids is 1. The molecule has 0 aliphatic heterocycles. The van der Waals surface area contributed by atoms with Gasteiger partial charge in [0.1, 0.15) is 9.88 Å². The molecule has 0 aromatic carbocycles. The number of aromatic nitrogens is 1. The maximum absolute atomic E-state index is 11.5. The van der Waals surface area contributed by atoms with E-state index in [0.29, 0.717) is 23.7 Å². The number of nitrogens with two attached hydrogens (primary N) is 1. The number of hydrogen-bond donors (Lipinski definition) is 3. The first-order valence-electron chi connectivity index (χ1n) is 6.21. The van der Waals surface area contributed by atoms with Crippen molar-refractivity contribution in [3.05, 3.63) is 15.6 Å². The van der Waals surface area contributed by atoms with E-state index in [1.54, 1.807) is 6.92 Å². The number of nitrogens with one attached hydrogen (secondary N) is 1. The predicted molar refractivity (Wildman–Crippen MR) is 73.2 cm³/mol. The number of thiazole rings is 1.